The van der Waals surface area contributed by atoms with Crippen molar-refractivity contribution in [1.82, 2.24) is 4.31 Å². The van der Waals surface area contributed by atoms with Crippen molar-refractivity contribution >= 4 is 16.0 Å². The Balaban J connectivity index is 2.29. The zero-order valence-electron chi connectivity index (χ0n) is 11.3. The molecule has 20 heavy (non-hydrogen) atoms. The summed E-state index contributed by atoms with van der Waals surface area (Å²) >= 11 is 0. The maximum Gasteiger partial charge on any atom is 0.308 e. The molecule has 0 spiro atoms. The lowest BCUT2D eigenvalue weighted by molar-refractivity contribution is -0.142. The fourth-order valence-corrected chi connectivity index (χ4v) is 3.95. The summed E-state index contributed by atoms with van der Waals surface area (Å²) in [7, 11) is -2.22. The van der Waals surface area contributed by atoms with Crippen molar-refractivity contribution < 1.29 is 23.1 Å². The van der Waals surface area contributed by atoms with Crippen molar-refractivity contribution in [1.29, 1.82) is 0 Å². The number of aliphatic carboxylic acids is 1. The average molecular weight is 299 g/mol. The topological polar surface area (TPSA) is 83.9 Å². The zero-order chi connectivity index (χ0) is 14.9. The second kappa shape index (κ2) is 5.41. The summed E-state index contributed by atoms with van der Waals surface area (Å²) in [5.74, 6) is -1.36. The van der Waals surface area contributed by atoms with Gasteiger partial charge in [0.15, 0.2) is 0 Å². The molecule has 1 fully saturated rings. The van der Waals surface area contributed by atoms with Crippen LogP contribution in [0.15, 0.2) is 29.2 Å². The molecule has 0 bridgehead atoms. The summed E-state index contributed by atoms with van der Waals surface area (Å²) in [6.07, 6.45) is 0. The van der Waals surface area contributed by atoms with Crippen molar-refractivity contribution in [3.63, 3.8) is 0 Å². The minimum absolute atomic E-state index is 0.00996. The molecule has 1 aromatic rings. The Hall–Kier alpha value is -1.60. The fraction of sp³-hybridized carbons (Fsp3) is 0.462. The first kappa shape index (κ1) is 14.8. The normalized spacial score (nSPS) is 23.7. The first-order valence-corrected chi connectivity index (χ1v) is 7.67. The number of methoxy groups -OCH3 is 1. The van der Waals surface area contributed by atoms with E-state index in [-0.39, 0.29) is 23.9 Å². The number of carboxylic acids is 1. The van der Waals surface area contributed by atoms with E-state index in [0.717, 1.165) is 0 Å². The molecule has 1 N–H and O–H groups in total. The summed E-state index contributed by atoms with van der Waals surface area (Å²) < 4.78 is 31.2. The molecule has 0 radical (unpaired) electrons. The van der Waals surface area contributed by atoms with Crippen LogP contribution in [0.2, 0.25) is 0 Å². The highest BCUT2D eigenvalue weighted by molar-refractivity contribution is 7.89. The number of carboxylic acid groups (broad SMARTS) is 1. The molecule has 0 amide bonds. The molecular weight excluding hydrogens is 282 g/mol. The van der Waals surface area contributed by atoms with Crippen LogP contribution in [0.3, 0.4) is 0 Å². The third-order valence-corrected chi connectivity index (χ3v) is 5.40. The standard InChI is InChI=1S/C13H17NO5S/c1-9-7-14(8-12(9)13(15)16)20(17,18)11-5-3-4-10(6-11)19-2/h3-6,9,12H,7-8H2,1-2H3,(H,15,16)/t9-,12-/m1/s1. The van der Waals surface area contributed by atoms with Crippen LogP contribution >= 0.6 is 0 Å². The molecule has 2 rings (SSSR count). The Morgan fingerprint density at radius 3 is 2.65 bits per heavy atom. The number of hydrogen-bond donors (Lipinski definition) is 1. The van der Waals surface area contributed by atoms with Gasteiger partial charge in [-0.1, -0.05) is 13.0 Å². The highest BCUT2D eigenvalue weighted by Crippen LogP contribution is 2.29. The molecule has 0 saturated carbocycles. The van der Waals surface area contributed by atoms with Crippen LogP contribution in [0.1, 0.15) is 6.92 Å². The van der Waals surface area contributed by atoms with Crippen LogP contribution in [0.25, 0.3) is 0 Å². The fourth-order valence-electron chi connectivity index (χ4n) is 2.35. The summed E-state index contributed by atoms with van der Waals surface area (Å²) in [5.41, 5.74) is 0. The van der Waals surface area contributed by atoms with Crippen LogP contribution in [-0.4, -0.2) is 44.0 Å². The third kappa shape index (κ3) is 2.64. The van der Waals surface area contributed by atoms with Crippen LogP contribution in [0.4, 0.5) is 0 Å². The smallest absolute Gasteiger partial charge is 0.308 e. The van der Waals surface area contributed by atoms with Gasteiger partial charge in [-0.15, -0.1) is 0 Å². The van der Waals surface area contributed by atoms with E-state index >= 15 is 0 Å². The first-order chi connectivity index (χ1) is 9.36. The highest BCUT2D eigenvalue weighted by Gasteiger charge is 2.40. The largest absolute Gasteiger partial charge is 0.497 e. The van der Waals surface area contributed by atoms with E-state index in [1.54, 1.807) is 19.1 Å². The predicted octanol–water partition coefficient (Wildman–Crippen LogP) is 1.04. The van der Waals surface area contributed by atoms with Crippen LogP contribution in [0, 0.1) is 11.8 Å². The Morgan fingerprint density at radius 2 is 2.10 bits per heavy atom. The lowest BCUT2D eigenvalue weighted by atomic mass is 9.99. The lowest BCUT2D eigenvalue weighted by Gasteiger charge is -2.16. The molecule has 7 heteroatoms. The van der Waals surface area contributed by atoms with Gasteiger partial charge in [-0.3, -0.25) is 4.79 Å². The van der Waals surface area contributed by atoms with Gasteiger partial charge >= 0.3 is 5.97 Å². The van der Waals surface area contributed by atoms with E-state index in [1.807, 2.05) is 0 Å². The summed E-state index contributed by atoms with van der Waals surface area (Å²) in [5, 5.41) is 9.08. The van der Waals surface area contributed by atoms with Gasteiger partial charge in [-0.25, -0.2) is 8.42 Å². The van der Waals surface area contributed by atoms with Gasteiger partial charge in [-0.05, 0) is 18.1 Å². The minimum Gasteiger partial charge on any atom is -0.497 e. The Labute approximate surface area is 118 Å². The van der Waals surface area contributed by atoms with Gasteiger partial charge in [0.2, 0.25) is 10.0 Å². The van der Waals surface area contributed by atoms with E-state index in [0.29, 0.717) is 5.75 Å². The van der Waals surface area contributed by atoms with Gasteiger partial charge in [-0.2, -0.15) is 4.31 Å². The molecule has 1 aliphatic heterocycles. The molecule has 1 aromatic carbocycles. The number of hydrogen-bond acceptors (Lipinski definition) is 4. The molecule has 6 nitrogen and oxygen atoms in total. The maximum atomic E-state index is 12.5. The molecule has 0 unspecified atom stereocenters. The van der Waals surface area contributed by atoms with Crippen LogP contribution in [0.5, 0.6) is 5.75 Å². The van der Waals surface area contributed by atoms with Crippen molar-refractivity contribution in [3.05, 3.63) is 24.3 Å². The van der Waals surface area contributed by atoms with E-state index < -0.39 is 21.9 Å². The number of sulfonamides is 1. The Bertz CT molecular complexity index is 613. The molecule has 1 saturated heterocycles. The minimum atomic E-state index is -3.68. The van der Waals surface area contributed by atoms with Crippen molar-refractivity contribution in [2.45, 2.75) is 11.8 Å². The van der Waals surface area contributed by atoms with Crippen molar-refractivity contribution in [3.8, 4) is 5.75 Å². The lowest BCUT2D eigenvalue weighted by Crippen LogP contribution is -2.30. The number of carbonyl (C=O) groups is 1. The Morgan fingerprint density at radius 1 is 1.40 bits per heavy atom. The molecular formula is C13H17NO5S. The molecule has 0 aromatic heterocycles. The molecule has 0 aliphatic carbocycles. The maximum absolute atomic E-state index is 12.5. The monoisotopic (exact) mass is 299 g/mol. The van der Waals surface area contributed by atoms with Crippen LogP contribution in [-0.2, 0) is 14.8 Å². The molecule has 1 aliphatic rings. The van der Waals surface area contributed by atoms with Gasteiger partial charge in [0.1, 0.15) is 5.75 Å². The van der Waals surface area contributed by atoms with Gasteiger partial charge in [0.25, 0.3) is 0 Å². The van der Waals surface area contributed by atoms with Gasteiger partial charge in [0.05, 0.1) is 17.9 Å². The zero-order valence-corrected chi connectivity index (χ0v) is 12.1. The molecule has 2 atom stereocenters. The number of rotatable bonds is 4. The summed E-state index contributed by atoms with van der Waals surface area (Å²) in [6, 6.07) is 6.18. The molecule has 110 valence electrons. The number of ether oxygens (including phenoxy) is 1. The summed E-state index contributed by atoms with van der Waals surface area (Å²) in [6.45, 7) is 1.98. The summed E-state index contributed by atoms with van der Waals surface area (Å²) in [4.78, 5) is 11.2. The predicted molar refractivity (Wildman–Crippen MR) is 72.0 cm³/mol. The van der Waals surface area contributed by atoms with Gasteiger partial charge < -0.3 is 9.84 Å². The van der Waals surface area contributed by atoms with E-state index in [9.17, 15) is 13.2 Å². The van der Waals surface area contributed by atoms with E-state index in [1.165, 1.54) is 23.5 Å². The third-order valence-electron chi connectivity index (χ3n) is 3.58. The number of benzene rings is 1. The molecule has 1 heterocycles. The highest BCUT2D eigenvalue weighted by atomic mass is 32.2. The SMILES string of the molecule is COc1cccc(S(=O)(=O)N2C[C@@H](C)[C@H](C(=O)O)C2)c1. The average Bonchev–Trinajstić information content (AvgIpc) is 2.82. The van der Waals surface area contributed by atoms with E-state index in [2.05, 4.69) is 0 Å². The Kier molecular flexibility index (Phi) is 4.01. The van der Waals surface area contributed by atoms with Crippen molar-refractivity contribution in [2.24, 2.45) is 11.8 Å². The van der Waals surface area contributed by atoms with E-state index in [4.69, 9.17) is 9.84 Å². The number of nitrogens with zero attached hydrogens (tertiary/aromatic N) is 1. The van der Waals surface area contributed by atoms with Crippen molar-refractivity contribution in [2.75, 3.05) is 20.2 Å². The second-order valence-electron chi connectivity index (χ2n) is 4.92. The second-order valence-corrected chi connectivity index (χ2v) is 6.86. The first-order valence-electron chi connectivity index (χ1n) is 6.23. The van der Waals surface area contributed by atoms with Gasteiger partial charge in [0, 0.05) is 19.2 Å². The van der Waals surface area contributed by atoms with Crippen LogP contribution < -0.4 is 4.74 Å². The quantitative estimate of drug-likeness (QED) is 0.898.